The SMILES string of the molecule is Cn1cc(C(=O)C2CCc3nc[nH]c3C2)c2ccccc21.O=C(O)C=CC(=O)O. The Morgan fingerprint density at radius 2 is 1.86 bits per heavy atom. The van der Waals surface area contributed by atoms with E-state index in [2.05, 4.69) is 16.0 Å². The topological polar surface area (TPSA) is 125 Å². The number of aromatic nitrogens is 3. The monoisotopic (exact) mass is 395 g/mol. The summed E-state index contributed by atoms with van der Waals surface area (Å²) in [4.78, 5) is 39.5. The van der Waals surface area contributed by atoms with Gasteiger partial charge in [0.25, 0.3) is 0 Å². The number of rotatable bonds is 4. The molecule has 1 atom stereocenters. The lowest BCUT2D eigenvalue weighted by Crippen LogP contribution is -2.22. The summed E-state index contributed by atoms with van der Waals surface area (Å²) in [6.07, 6.45) is 7.37. The van der Waals surface area contributed by atoms with Gasteiger partial charge in [-0.3, -0.25) is 4.79 Å². The van der Waals surface area contributed by atoms with Gasteiger partial charge in [-0.15, -0.1) is 0 Å². The lowest BCUT2D eigenvalue weighted by atomic mass is 9.84. The van der Waals surface area contributed by atoms with Gasteiger partial charge >= 0.3 is 11.9 Å². The molecule has 0 fully saturated rings. The van der Waals surface area contributed by atoms with E-state index in [9.17, 15) is 14.4 Å². The number of carbonyl (C=O) groups is 3. The molecule has 0 bridgehead atoms. The van der Waals surface area contributed by atoms with Crippen LogP contribution in [-0.4, -0.2) is 42.5 Å². The number of aryl methyl sites for hydroxylation is 2. The van der Waals surface area contributed by atoms with Crippen molar-refractivity contribution in [2.45, 2.75) is 19.3 Å². The van der Waals surface area contributed by atoms with Crippen molar-refractivity contribution in [3.8, 4) is 0 Å². The number of nitrogens with one attached hydrogen (secondary N) is 1. The molecule has 0 saturated heterocycles. The number of imidazole rings is 1. The number of nitrogens with zero attached hydrogens (tertiary/aromatic N) is 2. The molecule has 2 aromatic heterocycles. The van der Waals surface area contributed by atoms with E-state index >= 15 is 0 Å². The number of H-pyrrole nitrogens is 1. The minimum atomic E-state index is -1.26. The zero-order chi connectivity index (χ0) is 21.0. The Bertz CT molecular complexity index is 1080. The van der Waals surface area contributed by atoms with Gasteiger partial charge in [0.05, 0.1) is 12.0 Å². The van der Waals surface area contributed by atoms with Gasteiger partial charge < -0.3 is 19.8 Å². The number of carboxylic acid groups (broad SMARTS) is 2. The molecule has 8 heteroatoms. The van der Waals surface area contributed by atoms with Crippen LogP contribution < -0.4 is 0 Å². The van der Waals surface area contributed by atoms with Crippen LogP contribution in [0.25, 0.3) is 10.9 Å². The molecule has 0 amide bonds. The van der Waals surface area contributed by atoms with E-state index in [0.29, 0.717) is 12.2 Å². The van der Waals surface area contributed by atoms with E-state index in [0.717, 1.165) is 47.1 Å². The van der Waals surface area contributed by atoms with Crippen molar-refractivity contribution in [2.24, 2.45) is 13.0 Å². The third kappa shape index (κ3) is 4.60. The average Bonchev–Trinajstić information content (AvgIpc) is 3.30. The van der Waals surface area contributed by atoms with Crippen LogP contribution in [-0.2, 0) is 29.5 Å². The Morgan fingerprint density at radius 1 is 1.17 bits per heavy atom. The molecule has 8 nitrogen and oxygen atoms in total. The Morgan fingerprint density at radius 3 is 2.55 bits per heavy atom. The van der Waals surface area contributed by atoms with Crippen LogP contribution in [0.15, 0.2) is 48.9 Å². The maximum atomic E-state index is 12.9. The van der Waals surface area contributed by atoms with Crippen molar-refractivity contribution in [2.75, 3.05) is 0 Å². The second kappa shape index (κ2) is 8.55. The Labute approximate surface area is 166 Å². The number of hydrogen-bond acceptors (Lipinski definition) is 4. The molecule has 4 rings (SSSR count). The van der Waals surface area contributed by atoms with Gasteiger partial charge in [0, 0.05) is 53.5 Å². The van der Waals surface area contributed by atoms with Crippen molar-refractivity contribution in [3.05, 3.63) is 65.9 Å². The largest absolute Gasteiger partial charge is 0.478 e. The number of carbonyl (C=O) groups excluding carboxylic acids is 1. The first-order valence-corrected chi connectivity index (χ1v) is 9.10. The quantitative estimate of drug-likeness (QED) is 0.461. The normalized spacial score (nSPS) is 15.6. The molecule has 29 heavy (non-hydrogen) atoms. The van der Waals surface area contributed by atoms with Gasteiger partial charge in [-0.25, -0.2) is 14.6 Å². The van der Waals surface area contributed by atoms with E-state index in [1.54, 1.807) is 6.33 Å². The van der Waals surface area contributed by atoms with Crippen molar-refractivity contribution in [1.29, 1.82) is 0 Å². The summed E-state index contributed by atoms with van der Waals surface area (Å²) < 4.78 is 2.03. The molecule has 0 spiro atoms. The number of Topliss-reactive ketones (excluding diaryl/α,β-unsaturated/α-hetero) is 1. The minimum Gasteiger partial charge on any atom is -0.478 e. The number of benzene rings is 1. The molecule has 0 radical (unpaired) electrons. The van der Waals surface area contributed by atoms with Gasteiger partial charge in [0.15, 0.2) is 5.78 Å². The standard InChI is InChI=1S/C17H17N3O.C4H4O4/c1-20-9-13(12-4-2-3-5-16(12)20)17(21)11-6-7-14-15(8-11)19-10-18-14;5-3(6)1-2-4(7)8/h2-5,9-11H,6-8H2,1H3,(H,18,19);1-2H,(H,5,6)(H,7,8). The molecule has 1 unspecified atom stereocenters. The molecule has 1 aromatic carbocycles. The van der Waals surface area contributed by atoms with Crippen molar-refractivity contribution in [1.82, 2.24) is 14.5 Å². The molecule has 150 valence electrons. The number of ketones is 1. The van der Waals surface area contributed by atoms with Crippen LogP contribution in [0.3, 0.4) is 0 Å². The fourth-order valence-electron chi connectivity index (χ4n) is 3.53. The van der Waals surface area contributed by atoms with E-state index < -0.39 is 11.9 Å². The van der Waals surface area contributed by atoms with Gasteiger partial charge in [-0.1, -0.05) is 18.2 Å². The van der Waals surface area contributed by atoms with Crippen LogP contribution in [0.2, 0.25) is 0 Å². The number of hydrogen-bond donors (Lipinski definition) is 3. The number of fused-ring (bicyclic) bond motifs is 2. The van der Waals surface area contributed by atoms with Crippen molar-refractivity contribution >= 4 is 28.6 Å². The highest BCUT2D eigenvalue weighted by Gasteiger charge is 2.28. The van der Waals surface area contributed by atoms with Gasteiger partial charge in [0.1, 0.15) is 0 Å². The van der Waals surface area contributed by atoms with E-state index in [4.69, 9.17) is 10.2 Å². The van der Waals surface area contributed by atoms with Crippen molar-refractivity contribution in [3.63, 3.8) is 0 Å². The Hall–Kier alpha value is -3.68. The highest BCUT2D eigenvalue weighted by molar-refractivity contribution is 6.09. The first kappa shape index (κ1) is 20.1. The molecule has 0 saturated carbocycles. The van der Waals surface area contributed by atoms with Crippen LogP contribution in [0, 0.1) is 5.92 Å². The third-order valence-electron chi connectivity index (χ3n) is 4.89. The van der Waals surface area contributed by atoms with Gasteiger partial charge in [0.2, 0.25) is 0 Å². The lowest BCUT2D eigenvalue weighted by Gasteiger charge is -2.19. The molecule has 1 aliphatic rings. The number of aliphatic carboxylic acids is 2. The molecule has 3 N–H and O–H groups in total. The summed E-state index contributed by atoms with van der Waals surface area (Å²) in [5.74, 6) is -2.20. The highest BCUT2D eigenvalue weighted by Crippen LogP contribution is 2.29. The van der Waals surface area contributed by atoms with Crippen LogP contribution >= 0.6 is 0 Å². The number of aromatic amines is 1. The van der Waals surface area contributed by atoms with Gasteiger partial charge in [-0.05, 0) is 25.3 Å². The summed E-state index contributed by atoms with van der Waals surface area (Å²) in [6, 6.07) is 8.09. The summed E-state index contributed by atoms with van der Waals surface area (Å²) >= 11 is 0. The number of para-hydroxylation sites is 1. The third-order valence-corrected chi connectivity index (χ3v) is 4.89. The molecule has 3 aromatic rings. The number of carboxylic acids is 2. The second-order valence-corrected chi connectivity index (χ2v) is 6.81. The first-order chi connectivity index (χ1) is 13.9. The molecule has 2 heterocycles. The molecular weight excluding hydrogens is 374 g/mol. The van der Waals surface area contributed by atoms with Crippen LogP contribution in [0.4, 0.5) is 0 Å². The maximum absolute atomic E-state index is 12.9. The summed E-state index contributed by atoms with van der Waals surface area (Å²) in [6.45, 7) is 0. The fourth-order valence-corrected chi connectivity index (χ4v) is 3.53. The minimum absolute atomic E-state index is 0.0590. The molecular formula is C21H21N3O5. The predicted molar refractivity (Wildman–Crippen MR) is 106 cm³/mol. The zero-order valence-electron chi connectivity index (χ0n) is 15.8. The second-order valence-electron chi connectivity index (χ2n) is 6.81. The van der Waals surface area contributed by atoms with Gasteiger partial charge in [-0.2, -0.15) is 0 Å². The fraction of sp³-hybridized carbons (Fsp3) is 0.238. The molecule has 1 aliphatic carbocycles. The first-order valence-electron chi connectivity index (χ1n) is 9.10. The average molecular weight is 395 g/mol. The predicted octanol–water partition coefficient (Wildman–Crippen LogP) is 2.60. The highest BCUT2D eigenvalue weighted by atomic mass is 16.4. The zero-order valence-corrected chi connectivity index (χ0v) is 15.8. The van der Waals surface area contributed by atoms with Crippen molar-refractivity contribution < 1.29 is 24.6 Å². The summed E-state index contributed by atoms with van der Waals surface area (Å²) in [7, 11) is 1.99. The summed E-state index contributed by atoms with van der Waals surface area (Å²) in [5.41, 5.74) is 4.21. The molecule has 0 aliphatic heterocycles. The van der Waals surface area contributed by atoms with E-state index in [1.165, 1.54) is 0 Å². The Kier molecular flexibility index (Phi) is 5.92. The maximum Gasteiger partial charge on any atom is 0.328 e. The van der Waals surface area contributed by atoms with E-state index in [1.807, 2.05) is 36.0 Å². The van der Waals surface area contributed by atoms with Crippen LogP contribution in [0.5, 0.6) is 0 Å². The smallest absolute Gasteiger partial charge is 0.328 e. The Balaban J connectivity index is 0.000000258. The lowest BCUT2D eigenvalue weighted by molar-refractivity contribution is -0.134. The van der Waals surface area contributed by atoms with Crippen LogP contribution in [0.1, 0.15) is 28.2 Å². The summed E-state index contributed by atoms with van der Waals surface area (Å²) in [5, 5.41) is 16.7. The van der Waals surface area contributed by atoms with E-state index in [-0.39, 0.29) is 11.7 Å².